The van der Waals surface area contributed by atoms with Crippen LogP contribution in [0.3, 0.4) is 0 Å². The smallest absolute Gasteiger partial charge is 0.246 e. The second kappa shape index (κ2) is 4.38. The Morgan fingerprint density at radius 2 is 2.18 bits per heavy atom. The number of hydrogen-bond acceptors (Lipinski definition) is 5. The zero-order valence-electron chi connectivity index (χ0n) is 10.0. The fourth-order valence-corrected chi connectivity index (χ4v) is 2.76. The molecule has 94 valence electrons. The monoisotopic (exact) mass is 237 g/mol. The van der Waals surface area contributed by atoms with Crippen LogP contribution in [0, 0.1) is 5.92 Å². The largest absolute Gasteiger partial charge is 0.381 e. The highest BCUT2D eigenvalue weighted by molar-refractivity contribution is 5.05. The van der Waals surface area contributed by atoms with Gasteiger partial charge in [0.05, 0.1) is 5.54 Å². The second-order valence-corrected chi connectivity index (χ2v) is 5.31. The van der Waals surface area contributed by atoms with Crippen LogP contribution in [0.15, 0.2) is 4.52 Å². The average Bonchev–Trinajstić information content (AvgIpc) is 3.00. The lowest BCUT2D eigenvalue weighted by Gasteiger charge is -2.17. The van der Waals surface area contributed by atoms with Crippen LogP contribution in [0.2, 0.25) is 0 Å². The molecule has 1 atom stereocenters. The maximum absolute atomic E-state index is 6.28. The van der Waals surface area contributed by atoms with Gasteiger partial charge in [0.1, 0.15) is 0 Å². The first-order chi connectivity index (χ1) is 8.26. The highest BCUT2D eigenvalue weighted by atomic mass is 16.5. The van der Waals surface area contributed by atoms with Crippen LogP contribution in [0.5, 0.6) is 0 Å². The zero-order chi connectivity index (χ0) is 11.7. The zero-order valence-corrected chi connectivity index (χ0v) is 10.0. The molecule has 17 heavy (non-hydrogen) atoms. The number of rotatable bonds is 3. The number of hydrogen-bond donors (Lipinski definition) is 1. The van der Waals surface area contributed by atoms with Gasteiger partial charge >= 0.3 is 0 Å². The van der Waals surface area contributed by atoms with E-state index in [4.69, 9.17) is 15.0 Å². The molecule has 2 N–H and O–H groups in total. The van der Waals surface area contributed by atoms with Crippen molar-refractivity contribution >= 4 is 0 Å². The quantitative estimate of drug-likeness (QED) is 0.859. The van der Waals surface area contributed by atoms with Crippen molar-refractivity contribution in [3.05, 3.63) is 11.7 Å². The summed E-state index contributed by atoms with van der Waals surface area (Å²) in [6.45, 7) is 1.67. The molecule has 5 heteroatoms. The Kier molecular flexibility index (Phi) is 2.88. The van der Waals surface area contributed by atoms with E-state index in [2.05, 4.69) is 10.1 Å². The van der Waals surface area contributed by atoms with Gasteiger partial charge in [0.15, 0.2) is 5.82 Å². The van der Waals surface area contributed by atoms with Crippen molar-refractivity contribution in [1.29, 1.82) is 0 Å². The molecule has 2 aliphatic rings. The summed E-state index contributed by atoms with van der Waals surface area (Å²) in [5, 5.41) is 4.05. The molecule has 1 aromatic rings. The Balaban J connectivity index is 1.69. The number of aromatic nitrogens is 2. The Labute approximate surface area is 101 Å². The lowest BCUT2D eigenvalue weighted by Crippen LogP contribution is -2.33. The molecule has 3 rings (SSSR count). The van der Waals surface area contributed by atoms with E-state index in [1.807, 2.05) is 0 Å². The van der Waals surface area contributed by atoms with E-state index < -0.39 is 0 Å². The van der Waals surface area contributed by atoms with Gasteiger partial charge in [-0.25, -0.2) is 0 Å². The first-order valence-electron chi connectivity index (χ1n) is 6.46. The van der Waals surface area contributed by atoms with E-state index in [0.29, 0.717) is 11.8 Å². The Hall–Kier alpha value is -0.940. The van der Waals surface area contributed by atoms with Crippen molar-refractivity contribution in [2.45, 2.75) is 44.1 Å². The molecule has 1 unspecified atom stereocenters. The average molecular weight is 237 g/mol. The van der Waals surface area contributed by atoms with Crippen LogP contribution < -0.4 is 5.73 Å². The molecule has 2 fully saturated rings. The number of nitrogens with two attached hydrogens (primary N) is 1. The van der Waals surface area contributed by atoms with E-state index >= 15 is 0 Å². The van der Waals surface area contributed by atoms with Gasteiger partial charge in [-0.15, -0.1) is 0 Å². The van der Waals surface area contributed by atoms with Crippen LogP contribution >= 0.6 is 0 Å². The lowest BCUT2D eigenvalue weighted by molar-refractivity contribution is 0.185. The molecular formula is C12H19N3O2. The molecule has 1 saturated carbocycles. The van der Waals surface area contributed by atoms with Crippen molar-refractivity contribution in [3.63, 3.8) is 0 Å². The molecule has 0 amide bonds. The third-order valence-corrected chi connectivity index (χ3v) is 3.89. The third kappa shape index (κ3) is 2.21. The summed E-state index contributed by atoms with van der Waals surface area (Å²) < 4.78 is 10.7. The van der Waals surface area contributed by atoms with Crippen molar-refractivity contribution in [3.8, 4) is 0 Å². The van der Waals surface area contributed by atoms with E-state index in [1.165, 1.54) is 0 Å². The van der Waals surface area contributed by atoms with Gasteiger partial charge in [-0.2, -0.15) is 4.98 Å². The van der Waals surface area contributed by atoms with Gasteiger partial charge in [0.25, 0.3) is 0 Å². The standard InChI is InChI=1S/C12H19N3O2/c13-12(4-1-2-5-12)11-14-10(15-17-11)7-9-3-6-16-8-9/h9H,1-8,13H2. The minimum atomic E-state index is -0.364. The Morgan fingerprint density at radius 3 is 2.88 bits per heavy atom. The van der Waals surface area contributed by atoms with Crippen LogP contribution in [0.1, 0.15) is 43.8 Å². The molecule has 2 heterocycles. The summed E-state index contributed by atoms with van der Waals surface area (Å²) in [6.07, 6.45) is 6.18. The van der Waals surface area contributed by atoms with Gasteiger partial charge in [-0.3, -0.25) is 0 Å². The van der Waals surface area contributed by atoms with Crippen molar-refractivity contribution in [1.82, 2.24) is 10.1 Å². The first-order valence-corrected chi connectivity index (χ1v) is 6.46. The molecule has 1 aliphatic heterocycles. The fraction of sp³-hybridized carbons (Fsp3) is 0.833. The fourth-order valence-electron chi connectivity index (χ4n) is 2.76. The first kappa shape index (κ1) is 11.2. The molecule has 0 spiro atoms. The molecule has 0 radical (unpaired) electrons. The predicted molar refractivity (Wildman–Crippen MR) is 61.3 cm³/mol. The second-order valence-electron chi connectivity index (χ2n) is 5.31. The van der Waals surface area contributed by atoms with Gasteiger partial charge in [0, 0.05) is 19.6 Å². The van der Waals surface area contributed by atoms with Crippen molar-refractivity contribution in [2.75, 3.05) is 13.2 Å². The highest BCUT2D eigenvalue weighted by Gasteiger charge is 2.37. The van der Waals surface area contributed by atoms with Gasteiger partial charge in [-0.05, 0) is 25.2 Å². The van der Waals surface area contributed by atoms with Crippen molar-refractivity contribution < 1.29 is 9.26 Å². The normalized spacial score (nSPS) is 27.7. The predicted octanol–water partition coefficient (Wildman–Crippen LogP) is 1.38. The van der Waals surface area contributed by atoms with Crippen LogP contribution in [-0.4, -0.2) is 23.4 Å². The summed E-state index contributed by atoms with van der Waals surface area (Å²) >= 11 is 0. The van der Waals surface area contributed by atoms with E-state index in [0.717, 1.165) is 57.6 Å². The molecule has 0 bridgehead atoms. The molecule has 0 aromatic carbocycles. The maximum Gasteiger partial charge on any atom is 0.246 e. The molecule has 1 aliphatic carbocycles. The minimum Gasteiger partial charge on any atom is -0.381 e. The lowest BCUT2D eigenvalue weighted by atomic mass is 9.99. The molecular weight excluding hydrogens is 218 g/mol. The topological polar surface area (TPSA) is 74.2 Å². The number of nitrogens with zero attached hydrogens (tertiary/aromatic N) is 2. The highest BCUT2D eigenvalue weighted by Crippen LogP contribution is 2.35. The summed E-state index contributed by atoms with van der Waals surface area (Å²) in [5.74, 6) is 1.95. The minimum absolute atomic E-state index is 0.364. The van der Waals surface area contributed by atoms with Crippen LogP contribution in [0.25, 0.3) is 0 Å². The Morgan fingerprint density at radius 1 is 1.35 bits per heavy atom. The molecule has 1 aromatic heterocycles. The van der Waals surface area contributed by atoms with Gasteiger partial charge in [-0.1, -0.05) is 18.0 Å². The molecule has 1 saturated heterocycles. The van der Waals surface area contributed by atoms with E-state index in [1.54, 1.807) is 0 Å². The SMILES string of the molecule is NC1(c2nc(CC3CCOC3)no2)CCCC1. The summed E-state index contributed by atoms with van der Waals surface area (Å²) in [5.41, 5.74) is 5.92. The summed E-state index contributed by atoms with van der Waals surface area (Å²) in [7, 11) is 0. The summed E-state index contributed by atoms with van der Waals surface area (Å²) in [6, 6.07) is 0. The maximum atomic E-state index is 6.28. The number of ether oxygens (including phenoxy) is 1. The van der Waals surface area contributed by atoms with Gasteiger partial charge in [0.2, 0.25) is 5.89 Å². The van der Waals surface area contributed by atoms with Crippen LogP contribution in [-0.2, 0) is 16.7 Å². The third-order valence-electron chi connectivity index (χ3n) is 3.89. The summed E-state index contributed by atoms with van der Waals surface area (Å²) in [4.78, 5) is 4.47. The molecule has 5 nitrogen and oxygen atoms in total. The van der Waals surface area contributed by atoms with E-state index in [-0.39, 0.29) is 5.54 Å². The van der Waals surface area contributed by atoms with Crippen molar-refractivity contribution in [2.24, 2.45) is 11.7 Å². The van der Waals surface area contributed by atoms with E-state index in [9.17, 15) is 0 Å². The van der Waals surface area contributed by atoms with Gasteiger partial charge < -0.3 is 15.0 Å². The Bertz CT molecular complexity index is 379. The van der Waals surface area contributed by atoms with Crippen LogP contribution in [0.4, 0.5) is 0 Å².